The molecule has 0 radical (unpaired) electrons. The topological polar surface area (TPSA) is 63.4 Å². The van der Waals surface area contributed by atoms with Gasteiger partial charge in [0.25, 0.3) is 0 Å². The summed E-state index contributed by atoms with van der Waals surface area (Å²) >= 11 is 0. The smallest absolute Gasteiger partial charge is 0.239 e. The molecule has 1 fully saturated rings. The Kier molecular flexibility index (Phi) is 2.90. The summed E-state index contributed by atoms with van der Waals surface area (Å²) in [6, 6.07) is 7.53. The molecular weight excluding hydrogens is 224 g/mol. The molecule has 1 aromatic rings. The molecule has 2 rings (SSSR count). The maximum absolute atomic E-state index is 12.1. The number of nitrogens with two attached hydrogens (primary N) is 1. The molecule has 1 aliphatic rings. The first-order valence-corrected chi connectivity index (χ1v) is 6.84. The third-order valence-electron chi connectivity index (χ3n) is 2.94. The molecule has 0 amide bonds. The summed E-state index contributed by atoms with van der Waals surface area (Å²) in [5.41, 5.74) is 7.28. The lowest BCUT2D eigenvalue weighted by Crippen LogP contribution is -2.33. The summed E-state index contributed by atoms with van der Waals surface area (Å²) in [5.74, 6) is 0. The van der Waals surface area contributed by atoms with E-state index in [1.165, 1.54) is 4.31 Å². The summed E-state index contributed by atoms with van der Waals surface area (Å²) in [4.78, 5) is 0. The fraction of sp³-hybridized carbons (Fsp3) is 0.455. The maximum atomic E-state index is 12.1. The van der Waals surface area contributed by atoms with Gasteiger partial charge in [0, 0.05) is 13.1 Å². The second-order valence-corrected chi connectivity index (χ2v) is 6.24. The van der Waals surface area contributed by atoms with Crippen LogP contribution < -0.4 is 10.0 Å². The predicted molar refractivity (Wildman–Crippen MR) is 64.9 cm³/mol. The Morgan fingerprint density at radius 2 is 2.25 bits per heavy atom. The molecular formula is C11H16N2O2S. The van der Waals surface area contributed by atoms with Gasteiger partial charge in [-0.3, -0.25) is 4.31 Å². The number of nitrogens with zero attached hydrogens (tertiary/aromatic N) is 1. The van der Waals surface area contributed by atoms with Crippen LogP contribution >= 0.6 is 0 Å². The first kappa shape index (κ1) is 11.4. The van der Waals surface area contributed by atoms with Crippen LogP contribution in [0, 0.1) is 6.92 Å². The quantitative estimate of drug-likeness (QED) is 0.834. The van der Waals surface area contributed by atoms with Gasteiger partial charge in [-0.25, -0.2) is 8.42 Å². The molecule has 2 N–H and O–H groups in total. The lowest BCUT2D eigenvalue weighted by molar-refractivity contribution is 0.588. The molecule has 16 heavy (non-hydrogen) atoms. The van der Waals surface area contributed by atoms with Crippen molar-refractivity contribution in [2.75, 3.05) is 17.4 Å². The SMILES string of the molecule is Cc1cccc(N2CC[C@H](CN)S2(=O)=O)c1. The number of anilines is 1. The minimum atomic E-state index is -3.24. The van der Waals surface area contributed by atoms with Crippen molar-refractivity contribution in [3.05, 3.63) is 29.8 Å². The van der Waals surface area contributed by atoms with E-state index in [4.69, 9.17) is 5.73 Å². The van der Waals surface area contributed by atoms with Gasteiger partial charge in [0.15, 0.2) is 0 Å². The van der Waals surface area contributed by atoms with Crippen LogP contribution in [-0.4, -0.2) is 26.8 Å². The van der Waals surface area contributed by atoms with Crippen molar-refractivity contribution in [3.8, 4) is 0 Å². The van der Waals surface area contributed by atoms with Gasteiger partial charge < -0.3 is 5.73 Å². The zero-order chi connectivity index (χ0) is 11.8. The van der Waals surface area contributed by atoms with E-state index in [1.807, 2.05) is 31.2 Å². The van der Waals surface area contributed by atoms with Crippen LogP contribution in [0.25, 0.3) is 0 Å². The van der Waals surface area contributed by atoms with E-state index < -0.39 is 15.3 Å². The molecule has 88 valence electrons. The summed E-state index contributed by atoms with van der Waals surface area (Å²) in [6.07, 6.45) is 0.618. The molecule has 0 unspecified atom stereocenters. The average Bonchev–Trinajstić information content (AvgIpc) is 2.53. The highest BCUT2D eigenvalue weighted by Crippen LogP contribution is 2.28. The fourth-order valence-electron chi connectivity index (χ4n) is 2.02. The number of rotatable bonds is 2. The second kappa shape index (κ2) is 4.07. The lowest BCUT2D eigenvalue weighted by Gasteiger charge is -2.18. The fourth-order valence-corrected chi connectivity index (χ4v) is 3.79. The van der Waals surface area contributed by atoms with E-state index in [-0.39, 0.29) is 6.54 Å². The van der Waals surface area contributed by atoms with Gasteiger partial charge in [0.1, 0.15) is 0 Å². The average molecular weight is 240 g/mol. The van der Waals surface area contributed by atoms with E-state index >= 15 is 0 Å². The van der Waals surface area contributed by atoms with Gasteiger partial charge in [-0.2, -0.15) is 0 Å². The van der Waals surface area contributed by atoms with Crippen LogP contribution in [-0.2, 0) is 10.0 Å². The van der Waals surface area contributed by atoms with Crippen LogP contribution in [0.15, 0.2) is 24.3 Å². The van der Waals surface area contributed by atoms with E-state index in [0.717, 1.165) is 11.3 Å². The Hall–Kier alpha value is -1.07. The minimum Gasteiger partial charge on any atom is -0.329 e. The van der Waals surface area contributed by atoms with E-state index in [2.05, 4.69) is 0 Å². The standard InChI is InChI=1S/C11H16N2O2S/c1-9-3-2-4-10(7-9)13-6-5-11(8-12)16(13,14)15/h2-4,7,11H,5-6,8,12H2,1H3/t11-/m1/s1. The number of aryl methyl sites for hydroxylation is 1. The molecule has 0 aromatic heterocycles. The molecule has 1 atom stereocenters. The van der Waals surface area contributed by atoms with Gasteiger partial charge in [-0.1, -0.05) is 12.1 Å². The van der Waals surface area contributed by atoms with Crippen LogP contribution in [0.2, 0.25) is 0 Å². The van der Waals surface area contributed by atoms with E-state index in [1.54, 1.807) is 0 Å². The van der Waals surface area contributed by atoms with Gasteiger partial charge >= 0.3 is 0 Å². The highest BCUT2D eigenvalue weighted by atomic mass is 32.2. The molecule has 1 aliphatic heterocycles. The van der Waals surface area contributed by atoms with Crippen molar-refractivity contribution in [3.63, 3.8) is 0 Å². The highest BCUT2D eigenvalue weighted by molar-refractivity contribution is 7.93. The van der Waals surface area contributed by atoms with Crippen molar-refractivity contribution in [1.29, 1.82) is 0 Å². The molecule has 0 spiro atoms. The normalized spacial score (nSPS) is 23.6. The summed E-state index contributed by atoms with van der Waals surface area (Å²) in [5, 5.41) is -0.423. The van der Waals surface area contributed by atoms with Crippen LogP contribution in [0.4, 0.5) is 5.69 Å². The number of hydrogen-bond donors (Lipinski definition) is 1. The first-order valence-electron chi connectivity index (χ1n) is 5.34. The highest BCUT2D eigenvalue weighted by Gasteiger charge is 2.37. The Bertz CT molecular complexity index is 485. The zero-order valence-electron chi connectivity index (χ0n) is 9.26. The summed E-state index contributed by atoms with van der Waals surface area (Å²) < 4.78 is 25.6. The summed E-state index contributed by atoms with van der Waals surface area (Å²) in [6.45, 7) is 2.69. The Morgan fingerprint density at radius 3 is 2.81 bits per heavy atom. The number of benzene rings is 1. The van der Waals surface area contributed by atoms with Crippen LogP contribution in [0.1, 0.15) is 12.0 Å². The third kappa shape index (κ3) is 1.81. The number of hydrogen-bond acceptors (Lipinski definition) is 3. The minimum absolute atomic E-state index is 0.199. The van der Waals surface area contributed by atoms with Gasteiger partial charge in [-0.15, -0.1) is 0 Å². The van der Waals surface area contributed by atoms with Crippen molar-refractivity contribution >= 4 is 15.7 Å². The number of sulfonamides is 1. The molecule has 0 saturated carbocycles. The zero-order valence-corrected chi connectivity index (χ0v) is 10.1. The first-order chi connectivity index (χ1) is 7.55. The van der Waals surface area contributed by atoms with E-state index in [9.17, 15) is 8.42 Å². The maximum Gasteiger partial charge on any atom is 0.239 e. The molecule has 0 aliphatic carbocycles. The molecule has 1 aromatic carbocycles. The Labute approximate surface area is 96.1 Å². The van der Waals surface area contributed by atoms with Crippen molar-refractivity contribution < 1.29 is 8.42 Å². The van der Waals surface area contributed by atoms with E-state index in [0.29, 0.717) is 13.0 Å². The van der Waals surface area contributed by atoms with Gasteiger partial charge in [-0.05, 0) is 31.0 Å². The second-order valence-electron chi connectivity index (χ2n) is 4.10. The molecule has 0 bridgehead atoms. The van der Waals surface area contributed by atoms with Gasteiger partial charge in [0.2, 0.25) is 10.0 Å². The third-order valence-corrected chi connectivity index (χ3v) is 5.21. The molecule has 1 heterocycles. The molecule has 5 heteroatoms. The van der Waals surface area contributed by atoms with Gasteiger partial charge in [0.05, 0.1) is 10.9 Å². The largest absolute Gasteiger partial charge is 0.329 e. The van der Waals surface area contributed by atoms with Crippen molar-refractivity contribution in [1.82, 2.24) is 0 Å². The van der Waals surface area contributed by atoms with Crippen molar-refractivity contribution in [2.24, 2.45) is 5.73 Å². The Balaban J connectivity index is 2.37. The Morgan fingerprint density at radius 1 is 1.50 bits per heavy atom. The van der Waals surface area contributed by atoms with Crippen LogP contribution in [0.5, 0.6) is 0 Å². The lowest BCUT2D eigenvalue weighted by atomic mass is 10.2. The molecule has 4 nitrogen and oxygen atoms in total. The predicted octanol–water partition coefficient (Wildman–Crippen LogP) is 0.862. The van der Waals surface area contributed by atoms with Crippen LogP contribution in [0.3, 0.4) is 0 Å². The van der Waals surface area contributed by atoms with Crippen molar-refractivity contribution in [2.45, 2.75) is 18.6 Å². The summed E-state index contributed by atoms with van der Waals surface area (Å²) in [7, 11) is -3.24. The monoisotopic (exact) mass is 240 g/mol. The molecule has 1 saturated heterocycles.